The third-order valence-corrected chi connectivity index (χ3v) is 5.61. The summed E-state index contributed by atoms with van der Waals surface area (Å²) in [5.41, 5.74) is 2.23. The van der Waals surface area contributed by atoms with Crippen LogP contribution in [-0.2, 0) is 4.79 Å². The molecule has 7 heteroatoms. The van der Waals surface area contributed by atoms with Gasteiger partial charge in [-0.05, 0) is 56.3 Å². The second kappa shape index (κ2) is 11.3. The molecule has 31 heavy (non-hydrogen) atoms. The smallest absolute Gasteiger partial charge is 0.224 e. The summed E-state index contributed by atoms with van der Waals surface area (Å²) in [7, 11) is 2.09. The lowest BCUT2D eigenvalue weighted by atomic mass is 10.1. The molecule has 2 aromatic rings. The second-order valence-corrected chi connectivity index (χ2v) is 8.43. The maximum absolute atomic E-state index is 12.6. The summed E-state index contributed by atoms with van der Waals surface area (Å²) in [6.45, 7) is 6.54. The van der Waals surface area contributed by atoms with Gasteiger partial charge in [0.2, 0.25) is 5.91 Å². The van der Waals surface area contributed by atoms with Crippen molar-refractivity contribution in [3.63, 3.8) is 0 Å². The summed E-state index contributed by atoms with van der Waals surface area (Å²) in [6, 6.07) is 12.6. The number of likely N-dealkylation sites (N-methyl/N-ethyl adjacent to an activating group) is 1. The Bertz CT molecular complexity index is 911. The molecule has 0 spiro atoms. The highest BCUT2D eigenvalue weighted by Crippen LogP contribution is 2.22. The first-order valence-electron chi connectivity index (χ1n) is 10.6. The van der Waals surface area contributed by atoms with Crippen LogP contribution in [0.3, 0.4) is 0 Å². The Morgan fingerprint density at radius 1 is 1.10 bits per heavy atom. The zero-order valence-electron chi connectivity index (χ0n) is 18.2. The zero-order valence-corrected chi connectivity index (χ0v) is 19.0. The van der Waals surface area contributed by atoms with E-state index in [-0.39, 0.29) is 11.7 Å². The Hall–Kier alpha value is -2.41. The SMILES string of the molecule is Cc1cc(Cl)ccc1OCCCC(=O)Nc1cccc(C(=O)CN2CCN(C)CC2)c1. The molecule has 1 aliphatic rings. The van der Waals surface area contributed by atoms with Crippen molar-refractivity contribution in [2.75, 3.05) is 51.7 Å². The van der Waals surface area contributed by atoms with Crippen LogP contribution in [0, 0.1) is 6.92 Å². The number of carbonyl (C=O) groups excluding carboxylic acids is 2. The van der Waals surface area contributed by atoms with Crippen molar-refractivity contribution in [2.45, 2.75) is 19.8 Å². The van der Waals surface area contributed by atoms with E-state index in [0.29, 0.717) is 42.3 Å². The standard InChI is InChI=1S/C24H30ClN3O3/c1-18-15-20(25)8-9-23(18)31-14-4-7-24(30)26-21-6-3-5-19(16-21)22(29)17-28-12-10-27(2)11-13-28/h3,5-6,8-9,15-16H,4,7,10-14,17H2,1-2H3,(H,26,30). The third-order valence-electron chi connectivity index (χ3n) is 5.37. The molecule has 0 atom stereocenters. The van der Waals surface area contributed by atoms with Gasteiger partial charge in [-0.2, -0.15) is 0 Å². The minimum absolute atomic E-state index is 0.0763. The molecule has 0 aliphatic carbocycles. The van der Waals surface area contributed by atoms with Crippen LogP contribution in [0.15, 0.2) is 42.5 Å². The molecule has 3 rings (SSSR count). The fourth-order valence-electron chi connectivity index (χ4n) is 3.48. The molecule has 1 heterocycles. The van der Waals surface area contributed by atoms with Gasteiger partial charge in [0.1, 0.15) is 5.75 Å². The molecule has 0 bridgehead atoms. The van der Waals surface area contributed by atoms with Gasteiger partial charge in [-0.25, -0.2) is 0 Å². The molecular weight excluding hydrogens is 414 g/mol. The molecule has 0 saturated carbocycles. The number of nitrogens with one attached hydrogen (secondary N) is 1. The number of hydrogen-bond acceptors (Lipinski definition) is 5. The van der Waals surface area contributed by atoms with Gasteiger partial charge in [0.05, 0.1) is 13.2 Å². The van der Waals surface area contributed by atoms with Gasteiger partial charge < -0.3 is 15.0 Å². The topological polar surface area (TPSA) is 61.9 Å². The maximum Gasteiger partial charge on any atom is 0.224 e. The zero-order chi connectivity index (χ0) is 22.2. The van der Waals surface area contributed by atoms with Crippen molar-refractivity contribution in [1.29, 1.82) is 0 Å². The van der Waals surface area contributed by atoms with Crippen molar-refractivity contribution in [2.24, 2.45) is 0 Å². The van der Waals surface area contributed by atoms with E-state index in [1.165, 1.54) is 0 Å². The van der Waals surface area contributed by atoms with Crippen molar-refractivity contribution in [1.82, 2.24) is 9.80 Å². The number of nitrogens with zero attached hydrogens (tertiary/aromatic N) is 2. The van der Waals surface area contributed by atoms with Crippen LogP contribution in [0.2, 0.25) is 5.02 Å². The number of Topliss-reactive ketones (excluding diaryl/α,β-unsaturated/α-hetero) is 1. The first-order valence-corrected chi connectivity index (χ1v) is 11.0. The van der Waals surface area contributed by atoms with E-state index in [9.17, 15) is 9.59 Å². The fraction of sp³-hybridized carbons (Fsp3) is 0.417. The van der Waals surface area contributed by atoms with Gasteiger partial charge >= 0.3 is 0 Å². The molecule has 6 nitrogen and oxygen atoms in total. The quantitative estimate of drug-likeness (QED) is 0.470. The normalized spacial score (nSPS) is 14.9. The van der Waals surface area contributed by atoms with E-state index in [0.717, 1.165) is 37.5 Å². The Morgan fingerprint density at radius 2 is 1.87 bits per heavy atom. The highest BCUT2D eigenvalue weighted by atomic mass is 35.5. The number of hydrogen-bond donors (Lipinski definition) is 1. The summed E-state index contributed by atoms with van der Waals surface area (Å²) in [5.74, 6) is 0.754. The lowest BCUT2D eigenvalue weighted by Gasteiger charge is -2.31. The Balaban J connectivity index is 1.43. The summed E-state index contributed by atoms with van der Waals surface area (Å²) in [4.78, 5) is 29.4. The number of aryl methyl sites for hydroxylation is 1. The van der Waals surface area contributed by atoms with E-state index in [2.05, 4.69) is 22.2 Å². The summed E-state index contributed by atoms with van der Waals surface area (Å²) in [5, 5.41) is 3.55. The Kier molecular flexibility index (Phi) is 8.46. The van der Waals surface area contributed by atoms with Crippen LogP contribution in [-0.4, -0.2) is 67.9 Å². The predicted molar refractivity (Wildman–Crippen MR) is 124 cm³/mol. The van der Waals surface area contributed by atoms with Crippen LogP contribution in [0.1, 0.15) is 28.8 Å². The average molecular weight is 444 g/mol. The number of benzene rings is 2. The minimum Gasteiger partial charge on any atom is -0.493 e. The minimum atomic E-state index is -0.0971. The molecule has 0 radical (unpaired) electrons. The van der Waals surface area contributed by atoms with Gasteiger partial charge in [-0.3, -0.25) is 14.5 Å². The first kappa shape index (κ1) is 23.3. The van der Waals surface area contributed by atoms with Gasteiger partial charge in [0.25, 0.3) is 0 Å². The molecule has 1 fully saturated rings. The van der Waals surface area contributed by atoms with E-state index in [4.69, 9.17) is 16.3 Å². The highest BCUT2D eigenvalue weighted by Gasteiger charge is 2.17. The lowest BCUT2D eigenvalue weighted by molar-refractivity contribution is -0.116. The van der Waals surface area contributed by atoms with Crippen LogP contribution in [0.25, 0.3) is 0 Å². The van der Waals surface area contributed by atoms with E-state index < -0.39 is 0 Å². The van der Waals surface area contributed by atoms with E-state index in [1.807, 2.05) is 19.1 Å². The summed E-state index contributed by atoms with van der Waals surface area (Å²) < 4.78 is 5.73. The number of piperazine rings is 1. The maximum atomic E-state index is 12.6. The van der Waals surface area contributed by atoms with Gasteiger partial charge in [-0.1, -0.05) is 23.7 Å². The predicted octanol–water partition coefficient (Wildman–Crippen LogP) is 3.88. The third kappa shape index (κ3) is 7.35. The second-order valence-electron chi connectivity index (χ2n) is 7.99. The van der Waals surface area contributed by atoms with Gasteiger partial charge in [-0.15, -0.1) is 0 Å². The number of anilines is 1. The highest BCUT2D eigenvalue weighted by molar-refractivity contribution is 6.30. The van der Waals surface area contributed by atoms with Crippen LogP contribution < -0.4 is 10.1 Å². The van der Waals surface area contributed by atoms with Gasteiger partial charge in [0, 0.05) is 48.9 Å². The van der Waals surface area contributed by atoms with Crippen LogP contribution in [0.5, 0.6) is 5.75 Å². The molecular formula is C24H30ClN3O3. The molecule has 0 unspecified atom stereocenters. The largest absolute Gasteiger partial charge is 0.493 e. The van der Waals surface area contributed by atoms with Crippen molar-refractivity contribution < 1.29 is 14.3 Å². The fourth-order valence-corrected chi connectivity index (χ4v) is 3.71. The van der Waals surface area contributed by atoms with E-state index in [1.54, 1.807) is 30.3 Å². The average Bonchev–Trinajstić information content (AvgIpc) is 2.74. The van der Waals surface area contributed by atoms with E-state index >= 15 is 0 Å². The number of ketones is 1. The summed E-state index contributed by atoms with van der Waals surface area (Å²) >= 11 is 5.95. The molecule has 1 N–H and O–H groups in total. The van der Waals surface area contributed by atoms with Crippen LogP contribution in [0.4, 0.5) is 5.69 Å². The number of amides is 1. The first-order chi connectivity index (χ1) is 14.9. The molecule has 1 amide bonds. The Labute approximate surface area is 189 Å². The monoisotopic (exact) mass is 443 g/mol. The molecule has 1 saturated heterocycles. The van der Waals surface area contributed by atoms with Gasteiger partial charge in [0.15, 0.2) is 5.78 Å². The van der Waals surface area contributed by atoms with Crippen molar-refractivity contribution >= 4 is 29.0 Å². The molecule has 1 aliphatic heterocycles. The molecule has 166 valence electrons. The number of halogens is 1. The number of carbonyl (C=O) groups is 2. The van der Waals surface area contributed by atoms with Crippen LogP contribution >= 0.6 is 11.6 Å². The summed E-state index contributed by atoms with van der Waals surface area (Å²) in [6.07, 6.45) is 0.933. The lowest BCUT2D eigenvalue weighted by Crippen LogP contribution is -2.46. The number of rotatable bonds is 9. The van der Waals surface area contributed by atoms with Crippen molar-refractivity contribution in [3.05, 3.63) is 58.6 Å². The van der Waals surface area contributed by atoms with Crippen molar-refractivity contribution in [3.8, 4) is 5.75 Å². The number of ether oxygens (including phenoxy) is 1. The molecule has 0 aromatic heterocycles. The molecule has 2 aromatic carbocycles. The Morgan fingerprint density at radius 3 is 2.61 bits per heavy atom.